The van der Waals surface area contributed by atoms with Gasteiger partial charge in [0.25, 0.3) is 11.8 Å². The van der Waals surface area contributed by atoms with E-state index in [9.17, 15) is 23.5 Å². The number of carbonyl (C=O) groups excluding carboxylic acids is 2. The predicted molar refractivity (Wildman–Crippen MR) is 99.3 cm³/mol. The molecule has 3 N–H and O–H groups in total. The van der Waals surface area contributed by atoms with E-state index in [1.807, 2.05) is 0 Å². The molecule has 2 amide bonds. The molecule has 28 heavy (non-hydrogen) atoms. The summed E-state index contributed by atoms with van der Waals surface area (Å²) < 4.78 is 31.5. The topological polar surface area (TPSA) is 87.7 Å². The molecule has 0 aliphatic carbocycles. The molecule has 0 saturated heterocycles. The number of aliphatic hydroxyl groups excluding tert-OH is 1. The van der Waals surface area contributed by atoms with Crippen LogP contribution in [0, 0.1) is 11.6 Å². The molecule has 0 aromatic heterocycles. The molecule has 2 rings (SSSR count). The predicted octanol–water partition coefficient (Wildman–Crippen LogP) is 2.29. The van der Waals surface area contributed by atoms with E-state index in [1.54, 1.807) is 0 Å². The van der Waals surface area contributed by atoms with E-state index in [0.717, 1.165) is 12.1 Å². The number of aliphatic hydroxyl groups is 1. The second kappa shape index (κ2) is 10.6. The smallest absolute Gasteiger partial charge is 0.257 e. The first-order valence-corrected chi connectivity index (χ1v) is 8.79. The third-order valence-electron chi connectivity index (χ3n) is 3.65. The average Bonchev–Trinajstić information content (AvgIpc) is 2.67. The third kappa shape index (κ3) is 7.13. The van der Waals surface area contributed by atoms with Gasteiger partial charge in [-0.15, -0.1) is 0 Å². The van der Waals surface area contributed by atoms with E-state index in [-0.39, 0.29) is 42.5 Å². The molecule has 1 atom stereocenters. The Hall–Kier alpha value is -2.71. The zero-order chi connectivity index (χ0) is 20.5. The number of hydrogen-bond acceptors (Lipinski definition) is 4. The summed E-state index contributed by atoms with van der Waals surface area (Å²) in [6.07, 6.45) is -0.714. The highest BCUT2D eigenvalue weighted by atomic mass is 35.5. The maximum Gasteiger partial charge on any atom is 0.257 e. The molecule has 2 aromatic carbocycles. The Balaban J connectivity index is 1.63. The first-order valence-electron chi connectivity index (χ1n) is 8.41. The van der Waals surface area contributed by atoms with Gasteiger partial charge in [0.2, 0.25) is 0 Å². The molecule has 0 heterocycles. The summed E-state index contributed by atoms with van der Waals surface area (Å²) >= 11 is 5.55. The summed E-state index contributed by atoms with van der Waals surface area (Å²) in [5.41, 5.74) is 0.149. The molecule has 9 heteroatoms. The van der Waals surface area contributed by atoms with Gasteiger partial charge in [-0.05, 0) is 36.8 Å². The van der Waals surface area contributed by atoms with Crippen LogP contribution in [0.15, 0.2) is 42.5 Å². The summed E-state index contributed by atoms with van der Waals surface area (Å²) in [4.78, 5) is 23.5. The second-order valence-electron chi connectivity index (χ2n) is 5.88. The molecule has 0 fully saturated rings. The number of carbonyl (C=O) groups is 2. The number of ether oxygens (including phenoxy) is 1. The van der Waals surface area contributed by atoms with Gasteiger partial charge in [0.1, 0.15) is 17.4 Å². The molecule has 0 unspecified atom stereocenters. The monoisotopic (exact) mass is 412 g/mol. The standard InChI is InChI=1S/C19H19ClF2N2O4/c20-16-5-4-15(9-17(16)22)28-11-18(26)23-7-6-14(25)10-24-19(27)12-2-1-3-13(21)8-12/h1-5,8-9,14,25H,6-7,10-11H2,(H,23,26)(H,24,27)/t14-/m0/s1. The van der Waals surface area contributed by atoms with Crippen molar-refractivity contribution < 1.29 is 28.2 Å². The van der Waals surface area contributed by atoms with Gasteiger partial charge in [0.05, 0.1) is 11.1 Å². The van der Waals surface area contributed by atoms with Crippen molar-refractivity contribution in [1.82, 2.24) is 10.6 Å². The van der Waals surface area contributed by atoms with Crippen LogP contribution in [0.4, 0.5) is 8.78 Å². The molecule has 0 bridgehead atoms. The normalized spacial score (nSPS) is 11.6. The SMILES string of the molecule is O=C(COc1ccc(Cl)c(F)c1)NCC[C@H](O)CNC(=O)c1cccc(F)c1. The van der Waals surface area contributed by atoms with Crippen LogP contribution in [0.5, 0.6) is 5.75 Å². The van der Waals surface area contributed by atoms with Gasteiger partial charge in [-0.25, -0.2) is 8.78 Å². The molecule has 0 saturated carbocycles. The van der Waals surface area contributed by atoms with Crippen molar-refractivity contribution in [1.29, 1.82) is 0 Å². The van der Waals surface area contributed by atoms with E-state index < -0.39 is 29.6 Å². The van der Waals surface area contributed by atoms with Gasteiger partial charge < -0.3 is 20.5 Å². The van der Waals surface area contributed by atoms with Crippen molar-refractivity contribution in [2.75, 3.05) is 19.7 Å². The Morgan fingerprint density at radius 2 is 1.93 bits per heavy atom. The number of amides is 2. The Bertz CT molecular complexity index is 835. The molecule has 150 valence electrons. The fourth-order valence-electron chi connectivity index (χ4n) is 2.19. The fourth-order valence-corrected chi connectivity index (χ4v) is 2.31. The lowest BCUT2D eigenvalue weighted by atomic mass is 10.2. The van der Waals surface area contributed by atoms with Crippen molar-refractivity contribution in [2.24, 2.45) is 0 Å². The minimum atomic E-state index is -0.899. The van der Waals surface area contributed by atoms with Crippen LogP contribution in [0.2, 0.25) is 5.02 Å². The number of rotatable bonds is 9. The molecule has 0 aliphatic heterocycles. The number of nitrogens with one attached hydrogen (secondary N) is 2. The lowest BCUT2D eigenvalue weighted by Crippen LogP contribution is -2.36. The van der Waals surface area contributed by atoms with Gasteiger partial charge >= 0.3 is 0 Å². The third-order valence-corrected chi connectivity index (χ3v) is 3.95. The van der Waals surface area contributed by atoms with Crippen LogP contribution in [-0.4, -0.2) is 42.7 Å². The molecular weight excluding hydrogens is 394 g/mol. The van der Waals surface area contributed by atoms with Gasteiger partial charge in [-0.2, -0.15) is 0 Å². The molecule has 2 aromatic rings. The molecule has 0 aliphatic rings. The zero-order valence-corrected chi connectivity index (χ0v) is 15.5. The zero-order valence-electron chi connectivity index (χ0n) is 14.8. The van der Waals surface area contributed by atoms with Gasteiger partial charge in [-0.3, -0.25) is 9.59 Å². The Morgan fingerprint density at radius 3 is 2.64 bits per heavy atom. The van der Waals surface area contributed by atoms with E-state index in [2.05, 4.69) is 10.6 Å². The minimum absolute atomic E-state index is 0.0460. The van der Waals surface area contributed by atoms with Gasteiger partial charge in [-0.1, -0.05) is 17.7 Å². The lowest BCUT2D eigenvalue weighted by molar-refractivity contribution is -0.123. The molecule has 0 spiro atoms. The first-order chi connectivity index (χ1) is 13.3. The summed E-state index contributed by atoms with van der Waals surface area (Å²) in [5, 5.41) is 14.8. The average molecular weight is 413 g/mol. The first kappa shape index (κ1) is 21.6. The number of hydrogen-bond donors (Lipinski definition) is 3. The van der Waals surface area contributed by atoms with E-state index >= 15 is 0 Å². The Kier molecular flexibility index (Phi) is 8.16. The van der Waals surface area contributed by atoms with Crippen molar-refractivity contribution in [3.05, 3.63) is 64.7 Å². The van der Waals surface area contributed by atoms with Crippen molar-refractivity contribution in [3.63, 3.8) is 0 Å². The van der Waals surface area contributed by atoms with Crippen molar-refractivity contribution in [3.8, 4) is 5.75 Å². The summed E-state index contributed by atoms with van der Waals surface area (Å²) in [5.74, 6) is -1.97. The minimum Gasteiger partial charge on any atom is -0.484 e. The van der Waals surface area contributed by atoms with Gasteiger partial charge in [0, 0.05) is 24.7 Å². The van der Waals surface area contributed by atoms with Crippen LogP contribution >= 0.6 is 11.6 Å². The largest absolute Gasteiger partial charge is 0.484 e. The van der Waals surface area contributed by atoms with E-state index in [1.165, 1.54) is 30.3 Å². The lowest BCUT2D eigenvalue weighted by Gasteiger charge is -2.13. The molecule has 6 nitrogen and oxygen atoms in total. The van der Waals surface area contributed by atoms with Crippen molar-refractivity contribution >= 4 is 23.4 Å². The second-order valence-corrected chi connectivity index (χ2v) is 6.28. The summed E-state index contributed by atoms with van der Waals surface area (Å²) in [6, 6.07) is 9.01. The summed E-state index contributed by atoms with van der Waals surface area (Å²) in [6.45, 7) is -0.229. The Morgan fingerprint density at radius 1 is 1.14 bits per heavy atom. The van der Waals surface area contributed by atoms with Crippen LogP contribution in [-0.2, 0) is 4.79 Å². The highest BCUT2D eigenvalue weighted by Gasteiger charge is 2.11. The highest BCUT2D eigenvalue weighted by molar-refractivity contribution is 6.30. The number of benzene rings is 2. The van der Waals surface area contributed by atoms with Crippen LogP contribution in [0.3, 0.4) is 0 Å². The van der Waals surface area contributed by atoms with Crippen LogP contribution < -0.4 is 15.4 Å². The van der Waals surface area contributed by atoms with Crippen LogP contribution in [0.1, 0.15) is 16.8 Å². The van der Waals surface area contributed by atoms with Crippen molar-refractivity contribution in [2.45, 2.75) is 12.5 Å². The Labute approximate surface area is 165 Å². The highest BCUT2D eigenvalue weighted by Crippen LogP contribution is 2.20. The maximum atomic E-state index is 13.3. The van der Waals surface area contributed by atoms with E-state index in [0.29, 0.717) is 0 Å². The number of halogens is 3. The maximum absolute atomic E-state index is 13.3. The van der Waals surface area contributed by atoms with Gasteiger partial charge in [0.15, 0.2) is 6.61 Å². The van der Waals surface area contributed by atoms with Crippen LogP contribution in [0.25, 0.3) is 0 Å². The molecule has 0 radical (unpaired) electrons. The van der Waals surface area contributed by atoms with E-state index in [4.69, 9.17) is 16.3 Å². The fraction of sp³-hybridized carbons (Fsp3) is 0.263. The quantitative estimate of drug-likeness (QED) is 0.589. The molecular formula is C19H19ClF2N2O4. The summed E-state index contributed by atoms with van der Waals surface area (Å²) in [7, 11) is 0.